The molecule has 0 heterocycles. The molecule has 0 unspecified atom stereocenters. The molecule has 0 spiro atoms. The van der Waals surface area contributed by atoms with E-state index in [0.717, 1.165) is 18.6 Å². The minimum atomic E-state index is -0.174. The summed E-state index contributed by atoms with van der Waals surface area (Å²) in [6.07, 6.45) is 4.76. The first-order chi connectivity index (χ1) is 5.18. The molecule has 0 aromatic carbocycles. The molecular formula is C9H13FO. The third-order valence-electron chi connectivity index (χ3n) is 1.42. The molecule has 2 heteroatoms. The molecule has 0 amide bonds. The Bertz CT molecular complexity index is 192. The standard InChI is InChI=1S/C9H13FO/c1-7(2)11-9-5-3-4-8(10)6-9/h4,6-7H,3,5H2,1-2H3. The monoisotopic (exact) mass is 156 g/mol. The molecule has 0 saturated carbocycles. The van der Waals surface area contributed by atoms with Crippen LogP contribution in [0.4, 0.5) is 4.39 Å². The maximum atomic E-state index is 12.6. The average molecular weight is 156 g/mol. The fourth-order valence-corrected chi connectivity index (χ4v) is 1.03. The zero-order chi connectivity index (χ0) is 8.27. The van der Waals surface area contributed by atoms with Crippen molar-refractivity contribution in [1.29, 1.82) is 0 Å². The quantitative estimate of drug-likeness (QED) is 0.597. The molecule has 0 bridgehead atoms. The predicted octanol–water partition coefficient (Wildman–Crippen LogP) is 2.94. The van der Waals surface area contributed by atoms with Gasteiger partial charge < -0.3 is 4.74 Å². The smallest absolute Gasteiger partial charge is 0.122 e. The SMILES string of the molecule is CC(C)OC1=CC(F)=CCC1. The van der Waals surface area contributed by atoms with Crippen LogP contribution in [-0.2, 0) is 4.74 Å². The van der Waals surface area contributed by atoms with Crippen LogP contribution in [-0.4, -0.2) is 6.10 Å². The molecule has 62 valence electrons. The molecule has 0 radical (unpaired) electrons. The average Bonchev–Trinajstić information content (AvgIpc) is 1.85. The van der Waals surface area contributed by atoms with Gasteiger partial charge in [0, 0.05) is 12.5 Å². The molecule has 1 rings (SSSR count). The third-order valence-corrected chi connectivity index (χ3v) is 1.42. The third kappa shape index (κ3) is 2.74. The number of ether oxygens (including phenoxy) is 1. The van der Waals surface area contributed by atoms with E-state index in [2.05, 4.69) is 0 Å². The van der Waals surface area contributed by atoms with Crippen LogP contribution in [0.1, 0.15) is 26.7 Å². The number of hydrogen-bond donors (Lipinski definition) is 0. The second-order valence-electron chi connectivity index (χ2n) is 2.90. The number of hydrogen-bond acceptors (Lipinski definition) is 1. The molecular weight excluding hydrogens is 143 g/mol. The second-order valence-corrected chi connectivity index (χ2v) is 2.90. The van der Waals surface area contributed by atoms with Gasteiger partial charge in [-0.1, -0.05) is 0 Å². The molecule has 11 heavy (non-hydrogen) atoms. The number of allylic oxidation sites excluding steroid dienone is 4. The van der Waals surface area contributed by atoms with Crippen molar-refractivity contribution >= 4 is 0 Å². The Morgan fingerprint density at radius 1 is 1.55 bits per heavy atom. The lowest BCUT2D eigenvalue weighted by Gasteiger charge is -2.14. The van der Waals surface area contributed by atoms with Gasteiger partial charge in [0.1, 0.15) is 5.83 Å². The Hall–Kier alpha value is -0.790. The lowest BCUT2D eigenvalue weighted by molar-refractivity contribution is 0.138. The van der Waals surface area contributed by atoms with Gasteiger partial charge in [0.2, 0.25) is 0 Å². The first-order valence-corrected chi connectivity index (χ1v) is 3.91. The van der Waals surface area contributed by atoms with Crippen LogP contribution in [0.3, 0.4) is 0 Å². The Morgan fingerprint density at radius 2 is 2.27 bits per heavy atom. The highest BCUT2D eigenvalue weighted by Gasteiger charge is 2.06. The van der Waals surface area contributed by atoms with E-state index in [-0.39, 0.29) is 11.9 Å². The summed E-state index contributed by atoms with van der Waals surface area (Å²) in [6, 6.07) is 0. The summed E-state index contributed by atoms with van der Waals surface area (Å²) in [5.74, 6) is 0.590. The van der Waals surface area contributed by atoms with Crippen molar-refractivity contribution in [2.75, 3.05) is 0 Å². The van der Waals surface area contributed by atoms with E-state index in [9.17, 15) is 4.39 Å². The minimum Gasteiger partial charge on any atom is -0.495 e. The van der Waals surface area contributed by atoms with Crippen LogP contribution in [0, 0.1) is 0 Å². The molecule has 1 aliphatic rings. The summed E-state index contributed by atoms with van der Waals surface area (Å²) in [5, 5.41) is 0. The summed E-state index contributed by atoms with van der Waals surface area (Å²) in [6.45, 7) is 3.88. The van der Waals surface area contributed by atoms with E-state index in [1.807, 2.05) is 13.8 Å². The van der Waals surface area contributed by atoms with Crippen molar-refractivity contribution in [1.82, 2.24) is 0 Å². The zero-order valence-corrected chi connectivity index (χ0v) is 6.93. The Labute approximate surface area is 66.6 Å². The second kappa shape index (κ2) is 3.56. The Morgan fingerprint density at radius 3 is 2.82 bits per heavy atom. The summed E-state index contributed by atoms with van der Waals surface area (Å²) in [5.41, 5.74) is 0. The first kappa shape index (κ1) is 8.31. The van der Waals surface area contributed by atoms with Crippen molar-refractivity contribution in [2.45, 2.75) is 32.8 Å². The van der Waals surface area contributed by atoms with Crippen LogP contribution >= 0.6 is 0 Å². The molecule has 0 saturated heterocycles. The maximum Gasteiger partial charge on any atom is 0.122 e. The van der Waals surface area contributed by atoms with Crippen molar-refractivity contribution in [3.63, 3.8) is 0 Å². The van der Waals surface area contributed by atoms with Crippen molar-refractivity contribution in [2.24, 2.45) is 0 Å². The van der Waals surface area contributed by atoms with Crippen molar-refractivity contribution < 1.29 is 9.13 Å². The van der Waals surface area contributed by atoms with Gasteiger partial charge in [0.05, 0.1) is 11.9 Å². The molecule has 0 fully saturated rings. The van der Waals surface area contributed by atoms with E-state index < -0.39 is 0 Å². The Kier molecular flexibility index (Phi) is 2.69. The molecule has 0 N–H and O–H groups in total. The normalized spacial score (nSPS) is 17.8. The summed E-state index contributed by atoms with van der Waals surface area (Å²) >= 11 is 0. The first-order valence-electron chi connectivity index (χ1n) is 3.91. The van der Waals surface area contributed by atoms with Crippen LogP contribution in [0.2, 0.25) is 0 Å². The van der Waals surface area contributed by atoms with Crippen molar-refractivity contribution in [3.05, 3.63) is 23.7 Å². The topological polar surface area (TPSA) is 9.23 Å². The lowest BCUT2D eigenvalue weighted by atomic mass is 10.1. The van der Waals surface area contributed by atoms with Crippen molar-refractivity contribution in [3.8, 4) is 0 Å². The van der Waals surface area contributed by atoms with E-state index in [0.29, 0.717) is 0 Å². The van der Waals surface area contributed by atoms with Gasteiger partial charge >= 0.3 is 0 Å². The van der Waals surface area contributed by atoms with Crippen LogP contribution in [0.15, 0.2) is 23.7 Å². The predicted molar refractivity (Wildman–Crippen MR) is 42.7 cm³/mol. The highest BCUT2D eigenvalue weighted by molar-refractivity contribution is 5.19. The van der Waals surface area contributed by atoms with E-state index in [4.69, 9.17) is 4.74 Å². The summed E-state index contributed by atoms with van der Waals surface area (Å²) < 4.78 is 17.9. The zero-order valence-electron chi connectivity index (χ0n) is 6.93. The summed E-state index contributed by atoms with van der Waals surface area (Å²) in [4.78, 5) is 0. The lowest BCUT2D eigenvalue weighted by Crippen LogP contribution is -2.03. The van der Waals surface area contributed by atoms with E-state index >= 15 is 0 Å². The van der Waals surface area contributed by atoms with Gasteiger partial charge in [-0.2, -0.15) is 0 Å². The molecule has 0 aliphatic heterocycles. The van der Waals surface area contributed by atoms with Gasteiger partial charge in [-0.15, -0.1) is 0 Å². The largest absolute Gasteiger partial charge is 0.495 e. The van der Waals surface area contributed by atoms with Gasteiger partial charge in [-0.3, -0.25) is 0 Å². The number of halogens is 1. The maximum absolute atomic E-state index is 12.6. The van der Waals surface area contributed by atoms with Gasteiger partial charge in [0.25, 0.3) is 0 Å². The van der Waals surface area contributed by atoms with E-state index in [1.54, 1.807) is 6.08 Å². The van der Waals surface area contributed by atoms with Gasteiger partial charge in [-0.25, -0.2) is 4.39 Å². The highest BCUT2D eigenvalue weighted by Crippen LogP contribution is 2.19. The molecule has 1 nitrogen and oxygen atoms in total. The van der Waals surface area contributed by atoms with Gasteiger partial charge in [-0.05, 0) is 26.3 Å². The molecule has 1 aliphatic carbocycles. The van der Waals surface area contributed by atoms with Crippen LogP contribution in [0.25, 0.3) is 0 Å². The fourth-order valence-electron chi connectivity index (χ4n) is 1.03. The fraction of sp³-hybridized carbons (Fsp3) is 0.556. The van der Waals surface area contributed by atoms with Crippen LogP contribution < -0.4 is 0 Å². The molecule has 0 atom stereocenters. The minimum absolute atomic E-state index is 0.146. The molecule has 0 aromatic rings. The summed E-state index contributed by atoms with van der Waals surface area (Å²) in [7, 11) is 0. The van der Waals surface area contributed by atoms with Crippen LogP contribution in [0.5, 0.6) is 0 Å². The van der Waals surface area contributed by atoms with Gasteiger partial charge in [0.15, 0.2) is 0 Å². The highest BCUT2D eigenvalue weighted by atomic mass is 19.1. The van der Waals surface area contributed by atoms with E-state index in [1.165, 1.54) is 6.08 Å². The number of rotatable bonds is 2. The molecule has 0 aromatic heterocycles. The Balaban J connectivity index is 2.51.